The average Bonchev–Trinajstić information content (AvgIpc) is 3.25. The monoisotopic (exact) mass is 447 g/mol. The van der Waals surface area contributed by atoms with E-state index < -0.39 is 18.0 Å². The fraction of sp³-hybridized carbons (Fsp3) is 0.292. The van der Waals surface area contributed by atoms with Gasteiger partial charge in [-0.1, -0.05) is 41.6 Å². The summed E-state index contributed by atoms with van der Waals surface area (Å²) in [6.07, 6.45) is 3.58. The van der Waals surface area contributed by atoms with Crippen molar-refractivity contribution in [3.63, 3.8) is 0 Å². The number of benzene rings is 2. The molecule has 0 radical (unpaired) electrons. The summed E-state index contributed by atoms with van der Waals surface area (Å²) >= 11 is 0. The largest absolute Gasteiger partial charge is 0.481 e. The van der Waals surface area contributed by atoms with Crippen molar-refractivity contribution >= 4 is 16.9 Å². The van der Waals surface area contributed by atoms with Gasteiger partial charge in [0.15, 0.2) is 0 Å². The van der Waals surface area contributed by atoms with Crippen LogP contribution in [0.25, 0.3) is 22.0 Å². The van der Waals surface area contributed by atoms with Crippen molar-refractivity contribution in [3.8, 4) is 11.1 Å². The van der Waals surface area contributed by atoms with Gasteiger partial charge in [-0.3, -0.25) is 14.3 Å². The maximum Gasteiger partial charge on any atom is 0.309 e. The van der Waals surface area contributed by atoms with Gasteiger partial charge in [0.1, 0.15) is 5.52 Å². The van der Waals surface area contributed by atoms with Gasteiger partial charge in [0.2, 0.25) is 0 Å². The molecule has 4 aromatic rings. The van der Waals surface area contributed by atoms with E-state index in [0.717, 1.165) is 21.4 Å². The number of rotatable bonds is 9. The highest BCUT2D eigenvalue weighted by Gasteiger charge is 2.26. The van der Waals surface area contributed by atoms with E-state index in [9.17, 15) is 19.8 Å². The number of aliphatic hydroxyl groups is 1. The van der Waals surface area contributed by atoms with Crippen molar-refractivity contribution in [2.45, 2.75) is 31.9 Å². The summed E-state index contributed by atoms with van der Waals surface area (Å²) in [5.74, 6) is -2.11. The van der Waals surface area contributed by atoms with Crippen LogP contribution in [0.1, 0.15) is 18.4 Å². The summed E-state index contributed by atoms with van der Waals surface area (Å²) in [5.41, 5.74) is 3.22. The molecule has 2 aromatic carbocycles. The lowest BCUT2D eigenvalue weighted by atomic mass is 9.93. The molecule has 0 unspecified atom stereocenters. The third-order valence-corrected chi connectivity index (χ3v) is 5.78. The molecule has 33 heavy (non-hydrogen) atoms. The van der Waals surface area contributed by atoms with E-state index in [0.29, 0.717) is 23.7 Å². The molecule has 2 N–H and O–H groups in total. The van der Waals surface area contributed by atoms with Crippen LogP contribution in [0.4, 0.5) is 0 Å². The zero-order valence-electron chi connectivity index (χ0n) is 18.2. The first-order chi connectivity index (χ1) is 15.9. The molecular formula is C24H25N5O4. The first-order valence-corrected chi connectivity index (χ1v) is 10.7. The van der Waals surface area contributed by atoms with Crippen LogP contribution in [0.2, 0.25) is 0 Å². The minimum absolute atomic E-state index is 0.0600. The number of carbonyl (C=O) groups is 1. The molecule has 9 nitrogen and oxygen atoms in total. The molecule has 0 saturated carbocycles. The van der Waals surface area contributed by atoms with E-state index in [-0.39, 0.29) is 18.5 Å². The topological polar surface area (TPSA) is 123 Å². The van der Waals surface area contributed by atoms with Gasteiger partial charge < -0.3 is 10.2 Å². The second-order valence-electron chi connectivity index (χ2n) is 8.07. The Morgan fingerprint density at radius 3 is 2.52 bits per heavy atom. The summed E-state index contributed by atoms with van der Waals surface area (Å²) in [4.78, 5) is 24.4. The van der Waals surface area contributed by atoms with E-state index in [1.54, 1.807) is 35.1 Å². The van der Waals surface area contributed by atoms with Crippen LogP contribution < -0.4 is 5.56 Å². The summed E-state index contributed by atoms with van der Waals surface area (Å²) in [7, 11) is 1.86. The van der Waals surface area contributed by atoms with E-state index in [1.165, 1.54) is 0 Å². The first kappa shape index (κ1) is 22.3. The molecule has 0 bridgehead atoms. The number of aliphatic hydroxyl groups excluding tert-OH is 1. The Morgan fingerprint density at radius 1 is 1.06 bits per heavy atom. The fourth-order valence-electron chi connectivity index (χ4n) is 3.86. The minimum Gasteiger partial charge on any atom is -0.481 e. The van der Waals surface area contributed by atoms with E-state index >= 15 is 0 Å². The number of carboxylic acids is 1. The number of carboxylic acid groups (broad SMARTS) is 1. The fourth-order valence-corrected chi connectivity index (χ4v) is 3.86. The number of aryl methyl sites for hydroxylation is 3. The number of fused-ring (bicyclic) bond motifs is 1. The molecule has 9 heteroatoms. The zero-order valence-corrected chi connectivity index (χ0v) is 18.2. The van der Waals surface area contributed by atoms with Gasteiger partial charge in [0, 0.05) is 25.4 Å². The number of aromatic nitrogens is 5. The molecule has 0 aliphatic heterocycles. The third kappa shape index (κ3) is 5.15. The Balaban J connectivity index is 1.37. The lowest BCUT2D eigenvalue weighted by Crippen LogP contribution is -2.32. The van der Waals surface area contributed by atoms with Crippen LogP contribution in [0.5, 0.6) is 0 Å². The van der Waals surface area contributed by atoms with Crippen LogP contribution in [-0.2, 0) is 24.8 Å². The molecule has 0 saturated heterocycles. The van der Waals surface area contributed by atoms with Crippen molar-refractivity contribution in [1.82, 2.24) is 24.8 Å². The van der Waals surface area contributed by atoms with Gasteiger partial charge in [-0.05, 0) is 42.5 Å². The lowest BCUT2D eigenvalue weighted by molar-refractivity contribution is -0.146. The molecule has 2 heterocycles. The van der Waals surface area contributed by atoms with Crippen molar-refractivity contribution < 1.29 is 15.0 Å². The summed E-state index contributed by atoms with van der Waals surface area (Å²) < 4.78 is 2.89. The van der Waals surface area contributed by atoms with Crippen LogP contribution >= 0.6 is 0 Å². The molecule has 2 atom stereocenters. The molecule has 2 aromatic heterocycles. The van der Waals surface area contributed by atoms with Crippen LogP contribution in [0, 0.1) is 5.92 Å². The van der Waals surface area contributed by atoms with Gasteiger partial charge in [0.05, 0.1) is 23.6 Å². The molecule has 4 rings (SSSR count). The first-order valence-electron chi connectivity index (χ1n) is 10.7. The highest BCUT2D eigenvalue weighted by molar-refractivity contribution is 5.76. The predicted molar refractivity (Wildman–Crippen MR) is 123 cm³/mol. The molecule has 0 aliphatic carbocycles. The van der Waals surface area contributed by atoms with E-state index in [1.807, 2.05) is 37.5 Å². The Bertz CT molecular complexity index is 1310. The Hall–Kier alpha value is -3.85. The number of aliphatic carboxylic acids is 1. The summed E-state index contributed by atoms with van der Waals surface area (Å²) in [6, 6.07) is 14.8. The zero-order chi connectivity index (χ0) is 23.4. The molecule has 0 aliphatic rings. The van der Waals surface area contributed by atoms with Gasteiger partial charge in [-0.15, -0.1) is 5.10 Å². The van der Waals surface area contributed by atoms with E-state index in [4.69, 9.17) is 0 Å². The molecule has 0 amide bonds. The maximum absolute atomic E-state index is 12.6. The molecular weight excluding hydrogens is 422 g/mol. The van der Waals surface area contributed by atoms with Gasteiger partial charge >= 0.3 is 5.97 Å². The molecule has 0 fully saturated rings. The predicted octanol–water partition coefficient (Wildman–Crippen LogP) is 2.28. The Labute approximate surface area is 189 Å². The summed E-state index contributed by atoms with van der Waals surface area (Å²) in [5, 5.41) is 32.7. The standard InChI is InChI=1S/C24H25N5O4/c1-28-15-18(14-25-28)17-9-6-16(7-10-17)8-11-22(30)20(24(32)33)12-13-29-23(31)19-4-2-3-5-21(19)26-27-29/h2-7,9-10,14-15,20,22,30H,8,11-13H2,1H3,(H,32,33)/t20-,22+/m0/s1. The Morgan fingerprint density at radius 2 is 1.82 bits per heavy atom. The highest BCUT2D eigenvalue weighted by Crippen LogP contribution is 2.21. The third-order valence-electron chi connectivity index (χ3n) is 5.78. The van der Waals surface area contributed by atoms with Crippen molar-refractivity contribution in [2.75, 3.05) is 0 Å². The van der Waals surface area contributed by atoms with Gasteiger partial charge in [-0.25, -0.2) is 4.68 Å². The molecule has 170 valence electrons. The average molecular weight is 447 g/mol. The molecule has 0 spiro atoms. The van der Waals surface area contributed by atoms with Crippen LogP contribution in [-0.4, -0.2) is 47.1 Å². The number of nitrogens with zero attached hydrogens (tertiary/aromatic N) is 5. The van der Waals surface area contributed by atoms with Crippen molar-refractivity contribution in [2.24, 2.45) is 13.0 Å². The minimum atomic E-state index is -1.10. The normalized spacial score (nSPS) is 13.2. The van der Waals surface area contributed by atoms with Crippen molar-refractivity contribution in [1.29, 1.82) is 0 Å². The smallest absolute Gasteiger partial charge is 0.309 e. The van der Waals surface area contributed by atoms with Gasteiger partial charge in [-0.2, -0.15) is 5.10 Å². The highest BCUT2D eigenvalue weighted by atomic mass is 16.4. The van der Waals surface area contributed by atoms with Gasteiger partial charge in [0.25, 0.3) is 5.56 Å². The number of hydrogen-bond donors (Lipinski definition) is 2. The quantitative estimate of drug-likeness (QED) is 0.403. The lowest BCUT2D eigenvalue weighted by Gasteiger charge is -2.19. The summed E-state index contributed by atoms with van der Waals surface area (Å²) in [6.45, 7) is 0.0600. The van der Waals surface area contributed by atoms with Crippen LogP contribution in [0.3, 0.4) is 0 Å². The number of hydrogen-bond acceptors (Lipinski definition) is 6. The maximum atomic E-state index is 12.6. The second kappa shape index (κ2) is 9.74. The second-order valence-corrected chi connectivity index (χ2v) is 8.07. The van der Waals surface area contributed by atoms with Crippen LogP contribution in [0.15, 0.2) is 65.7 Å². The van der Waals surface area contributed by atoms with E-state index in [2.05, 4.69) is 15.4 Å². The Kier molecular flexibility index (Phi) is 6.60. The SMILES string of the molecule is Cn1cc(-c2ccc(CC[C@@H](O)[C@H](CCn3nnc4ccccc4c3=O)C(=O)O)cc2)cn1. The van der Waals surface area contributed by atoms with Crippen molar-refractivity contribution in [3.05, 3.63) is 76.8 Å².